The van der Waals surface area contributed by atoms with Crippen molar-refractivity contribution in [1.82, 2.24) is 24.5 Å². The van der Waals surface area contributed by atoms with Crippen LogP contribution in [0.4, 0.5) is 5.82 Å². The Balaban J connectivity index is 1.54. The van der Waals surface area contributed by atoms with E-state index in [1.54, 1.807) is 11.0 Å². The maximum Gasteiger partial charge on any atom is 0.348 e. The third kappa shape index (κ3) is 3.02. The Morgan fingerprint density at radius 1 is 1.43 bits per heavy atom. The van der Waals surface area contributed by atoms with E-state index in [0.717, 1.165) is 0 Å². The van der Waals surface area contributed by atoms with Gasteiger partial charge in [0.1, 0.15) is 12.1 Å². The number of carbonyl (C=O) groups is 1. The van der Waals surface area contributed by atoms with E-state index < -0.39 is 0 Å². The maximum atomic E-state index is 12.0. The number of aromatic amines is 1. The Morgan fingerprint density at radius 3 is 3.05 bits per heavy atom. The molecule has 3 rings (SSSR count). The summed E-state index contributed by atoms with van der Waals surface area (Å²) in [7, 11) is 0. The molecule has 0 aliphatic carbocycles. The van der Waals surface area contributed by atoms with Gasteiger partial charge in [-0.2, -0.15) is 5.10 Å². The van der Waals surface area contributed by atoms with Crippen molar-refractivity contribution in [3.8, 4) is 0 Å². The SMILES string of the molecule is O=C(CCNc1cc2n[nH]c(=O)n2cn1)N1CCOCC1. The van der Waals surface area contributed by atoms with E-state index >= 15 is 0 Å². The minimum absolute atomic E-state index is 0.0999. The summed E-state index contributed by atoms with van der Waals surface area (Å²) in [5, 5.41) is 9.25. The monoisotopic (exact) mass is 292 g/mol. The third-order valence-corrected chi connectivity index (χ3v) is 3.32. The molecule has 0 radical (unpaired) electrons. The molecular weight excluding hydrogens is 276 g/mol. The maximum absolute atomic E-state index is 12.0. The molecule has 0 atom stereocenters. The number of rotatable bonds is 4. The zero-order valence-corrected chi connectivity index (χ0v) is 11.4. The lowest BCUT2D eigenvalue weighted by molar-refractivity contribution is -0.134. The van der Waals surface area contributed by atoms with E-state index in [0.29, 0.717) is 50.7 Å². The van der Waals surface area contributed by atoms with Gasteiger partial charge in [0.15, 0.2) is 5.65 Å². The quantitative estimate of drug-likeness (QED) is 0.755. The summed E-state index contributed by atoms with van der Waals surface area (Å²) in [6.07, 6.45) is 1.79. The summed E-state index contributed by atoms with van der Waals surface area (Å²) in [4.78, 5) is 29.1. The van der Waals surface area contributed by atoms with E-state index in [-0.39, 0.29) is 11.6 Å². The molecule has 2 N–H and O–H groups in total. The minimum atomic E-state index is -0.327. The predicted molar refractivity (Wildman–Crippen MR) is 74.1 cm³/mol. The van der Waals surface area contributed by atoms with E-state index in [9.17, 15) is 9.59 Å². The average Bonchev–Trinajstić information content (AvgIpc) is 2.89. The van der Waals surface area contributed by atoms with Gasteiger partial charge < -0.3 is 15.0 Å². The van der Waals surface area contributed by atoms with Crippen LogP contribution in [0.1, 0.15) is 6.42 Å². The standard InChI is InChI=1S/C12H16N6O3/c19-11(17-3-5-21-6-4-17)1-2-13-9-7-10-15-16-12(20)18(10)8-14-9/h7-8,13H,1-6H2,(H,16,20). The number of anilines is 1. The van der Waals surface area contributed by atoms with Crippen molar-refractivity contribution in [3.05, 3.63) is 22.9 Å². The lowest BCUT2D eigenvalue weighted by Crippen LogP contribution is -2.41. The topological polar surface area (TPSA) is 105 Å². The zero-order valence-electron chi connectivity index (χ0n) is 11.4. The second-order valence-corrected chi connectivity index (χ2v) is 4.70. The molecule has 0 aromatic carbocycles. The van der Waals surface area contributed by atoms with E-state index in [1.807, 2.05) is 0 Å². The Labute approximate surface area is 119 Å². The van der Waals surface area contributed by atoms with Crippen LogP contribution in [0, 0.1) is 0 Å². The molecule has 21 heavy (non-hydrogen) atoms. The summed E-state index contributed by atoms with van der Waals surface area (Å²) in [6, 6.07) is 1.65. The van der Waals surface area contributed by atoms with Crippen LogP contribution in [0.2, 0.25) is 0 Å². The number of carbonyl (C=O) groups excluding carboxylic acids is 1. The van der Waals surface area contributed by atoms with E-state index in [4.69, 9.17) is 4.74 Å². The van der Waals surface area contributed by atoms with Gasteiger partial charge in [-0.15, -0.1) is 0 Å². The molecule has 2 aromatic rings. The highest BCUT2D eigenvalue weighted by molar-refractivity contribution is 5.76. The Kier molecular flexibility index (Phi) is 3.82. The van der Waals surface area contributed by atoms with Crippen LogP contribution >= 0.6 is 0 Å². The molecule has 9 heteroatoms. The molecule has 1 saturated heterocycles. The van der Waals surface area contributed by atoms with Crippen molar-refractivity contribution >= 4 is 17.4 Å². The predicted octanol–water partition coefficient (Wildman–Crippen LogP) is -0.922. The van der Waals surface area contributed by atoms with Crippen LogP contribution in [0.5, 0.6) is 0 Å². The largest absolute Gasteiger partial charge is 0.378 e. The summed E-state index contributed by atoms with van der Waals surface area (Å²) < 4.78 is 6.52. The fraction of sp³-hybridized carbons (Fsp3) is 0.500. The Bertz CT molecular complexity index is 688. The first-order valence-corrected chi connectivity index (χ1v) is 6.76. The number of amides is 1. The van der Waals surface area contributed by atoms with Crippen molar-refractivity contribution in [2.45, 2.75) is 6.42 Å². The molecule has 0 spiro atoms. The summed E-state index contributed by atoms with van der Waals surface area (Å²) in [5.41, 5.74) is 0.156. The van der Waals surface area contributed by atoms with E-state index in [1.165, 1.54) is 10.7 Å². The first-order chi connectivity index (χ1) is 10.2. The smallest absolute Gasteiger partial charge is 0.348 e. The van der Waals surface area contributed by atoms with Crippen molar-refractivity contribution in [3.63, 3.8) is 0 Å². The van der Waals surface area contributed by atoms with E-state index in [2.05, 4.69) is 20.5 Å². The fourth-order valence-corrected chi connectivity index (χ4v) is 2.17. The van der Waals surface area contributed by atoms with Gasteiger partial charge in [0.2, 0.25) is 5.91 Å². The molecule has 1 aliphatic heterocycles. The van der Waals surface area contributed by atoms with Gasteiger partial charge in [-0.3, -0.25) is 4.79 Å². The number of hydrogen-bond donors (Lipinski definition) is 2. The number of H-pyrrole nitrogens is 1. The number of aromatic nitrogens is 4. The van der Waals surface area contributed by atoms with Crippen LogP contribution in [-0.2, 0) is 9.53 Å². The van der Waals surface area contributed by atoms with Crippen molar-refractivity contribution in [2.24, 2.45) is 0 Å². The highest BCUT2D eigenvalue weighted by Gasteiger charge is 2.16. The third-order valence-electron chi connectivity index (χ3n) is 3.32. The second kappa shape index (κ2) is 5.92. The van der Waals surface area contributed by atoms with Gasteiger partial charge in [-0.05, 0) is 0 Å². The minimum Gasteiger partial charge on any atom is -0.378 e. The molecule has 112 valence electrons. The van der Waals surface area contributed by atoms with Gasteiger partial charge >= 0.3 is 5.69 Å². The molecule has 1 aliphatic rings. The molecule has 1 fully saturated rings. The average molecular weight is 292 g/mol. The van der Waals surface area contributed by atoms with Crippen LogP contribution in [0.15, 0.2) is 17.2 Å². The van der Waals surface area contributed by atoms with Crippen LogP contribution < -0.4 is 11.0 Å². The molecule has 3 heterocycles. The van der Waals surface area contributed by atoms with Gasteiger partial charge in [-0.1, -0.05) is 0 Å². The number of hydrogen-bond acceptors (Lipinski definition) is 6. The number of ether oxygens (including phenoxy) is 1. The number of nitrogens with zero attached hydrogens (tertiary/aromatic N) is 4. The Morgan fingerprint density at radius 2 is 2.24 bits per heavy atom. The number of nitrogens with one attached hydrogen (secondary N) is 2. The van der Waals surface area contributed by atoms with Crippen LogP contribution in [0.3, 0.4) is 0 Å². The summed E-state index contributed by atoms with van der Waals surface area (Å²) >= 11 is 0. The first kappa shape index (κ1) is 13.6. The molecular formula is C12H16N6O3. The van der Waals surface area contributed by atoms with Crippen molar-refractivity contribution < 1.29 is 9.53 Å². The summed E-state index contributed by atoms with van der Waals surface area (Å²) in [6.45, 7) is 2.99. The molecule has 2 aromatic heterocycles. The normalized spacial score (nSPS) is 15.3. The fourth-order valence-electron chi connectivity index (χ4n) is 2.17. The van der Waals surface area contributed by atoms with Gasteiger partial charge in [0.25, 0.3) is 0 Å². The highest BCUT2D eigenvalue weighted by Crippen LogP contribution is 2.05. The Hall–Kier alpha value is -2.42. The van der Waals surface area contributed by atoms with Crippen LogP contribution in [0.25, 0.3) is 5.65 Å². The van der Waals surface area contributed by atoms with Gasteiger partial charge in [0.05, 0.1) is 13.2 Å². The first-order valence-electron chi connectivity index (χ1n) is 6.76. The molecule has 0 unspecified atom stereocenters. The molecule has 0 bridgehead atoms. The lowest BCUT2D eigenvalue weighted by atomic mass is 10.3. The van der Waals surface area contributed by atoms with Gasteiger partial charge in [-0.25, -0.2) is 19.3 Å². The van der Waals surface area contributed by atoms with Crippen molar-refractivity contribution in [2.75, 3.05) is 38.2 Å². The molecule has 1 amide bonds. The second-order valence-electron chi connectivity index (χ2n) is 4.70. The number of morpholine rings is 1. The van der Waals surface area contributed by atoms with Crippen LogP contribution in [-0.4, -0.2) is 63.2 Å². The highest BCUT2D eigenvalue weighted by atomic mass is 16.5. The zero-order chi connectivity index (χ0) is 14.7. The summed E-state index contributed by atoms with van der Waals surface area (Å²) in [5.74, 6) is 0.680. The molecule has 9 nitrogen and oxygen atoms in total. The lowest BCUT2D eigenvalue weighted by Gasteiger charge is -2.26. The van der Waals surface area contributed by atoms with Crippen molar-refractivity contribution in [1.29, 1.82) is 0 Å². The molecule has 0 saturated carbocycles. The van der Waals surface area contributed by atoms with Gasteiger partial charge in [0, 0.05) is 32.1 Å². The number of fused-ring (bicyclic) bond motifs is 1.